The summed E-state index contributed by atoms with van der Waals surface area (Å²) in [6, 6.07) is 0. The van der Waals surface area contributed by atoms with Gasteiger partial charge in [0, 0.05) is 18.2 Å². The first-order chi connectivity index (χ1) is 4.65. The summed E-state index contributed by atoms with van der Waals surface area (Å²) < 4.78 is 0. The third-order valence-corrected chi connectivity index (χ3v) is 2.60. The predicted octanol–water partition coefficient (Wildman–Crippen LogP) is 2.08. The van der Waals surface area contributed by atoms with E-state index in [0.29, 0.717) is 0 Å². The topological polar surface area (TPSA) is 12.0 Å². The van der Waals surface area contributed by atoms with Gasteiger partial charge < -0.3 is 5.32 Å². The fraction of sp³-hybridized carbons (Fsp3) is 0.556. The second-order valence-corrected chi connectivity index (χ2v) is 3.02. The standard InChI is InChI=1S/C9H15N/c1-5-9(3)7(2)6-8(9)10-4/h6,10H,2,5H2,1,3-4H3. The summed E-state index contributed by atoms with van der Waals surface area (Å²) in [5.41, 5.74) is 2.81. The Morgan fingerprint density at radius 2 is 2.30 bits per heavy atom. The molecule has 1 N–H and O–H groups in total. The number of nitrogens with one attached hydrogen (secondary N) is 1. The zero-order valence-corrected chi connectivity index (χ0v) is 6.99. The molecule has 10 heavy (non-hydrogen) atoms. The number of rotatable bonds is 2. The number of hydrogen-bond donors (Lipinski definition) is 1. The summed E-state index contributed by atoms with van der Waals surface area (Å²) in [6.45, 7) is 8.38. The molecule has 56 valence electrons. The monoisotopic (exact) mass is 137 g/mol. The molecule has 0 fully saturated rings. The van der Waals surface area contributed by atoms with Crippen LogP contribution in [0, 0.1) is 5.41 Å². The smallest absolute Gasteiger partial charge is 0.0314 e. The van der Waals surface area contributed by atoms with Crippen LogP contribution in [0.5, 0.6) is 0 Å². The summed E-state index contributed by atoms with van der Waals surface area (Å²) in [6.07, 6.45) is 3.25. The Morgan fingerprint density at radius 1 is 1.70 bits per heavy atom. The molecule has 1 atom stereocenters. The molecule has 1 rings (SSSR count). The molecule has 0 bridgehead atoms. The lowest BCUT2D eigenvalue weighted by molar-refractivity contribution is 0.412. The maximum atomic E-state index is 3.97. The molecule has 0 aliphatic heterocycles. The minimum Gasteiger partial charge on any atom is -0.391 e. The molecule has 1 nitrogen and oxygen atoms in total. The van der Waals surface area contributed by atoms with E-state index in [1.54, 1.807) is 0 Å². The zero-order chi connectivity index (χ0) is 7.78. The van der Waals surface area contributed by atoms with Gasteiger partial charge in [0.15, 0.2) is 0 Å². The maximum Gasteiger partial charge on any atom is 0.0314 e. The minimum absolute atomic E-state index is 0.245. The highest BCUT2D eigenvalue weighted by Crippen LogP contribution is 2.45. The molecule has 0 radical (unpaired) electrons. The Bertz CT molecular complexity index is 191. The molecule has 0 aromatic heterocycles. The SMILES string of the molecule is C=C1C=C(NC)C1(C)CC. The summed E-state index contributed by atoms with van der Waals surface area (Å²) in [5.74, 6) is 0. The normalized spacial score (nSPS) is 31.1. The van der Waals surface area contributed by atoms with Crippen LogP contribution in [0.1, 0.15) is 20.3 Å². The molecule has 1 heteroatoms. The van der Waals surface area contributed by atoms with Gasteiger partial charge in [0.05, 0.1) is 0 Å². The molecule has 0 aromatic rings. The Balaban J connectivity index is 2.82. The highest BCUT2D eigenvalue weighted by molar-refractivity contribution is 5.45. The Morgan fingerprint density at radius 3 is 2.50 bits per heavy atom. The molecular weight excluding hydrogens is 122 g/mol. The molecule has 1 unspecified atom stereocenters. The molecular formula is C9H15N. The van der Waals surface area contributed by atoms with Crippen molar-refractivity contribution in [3.05, 3.63) is 23.9 Å². The van der Waals surface area contributed by atoms with Gasteiger partial charge in [-0.1, -0.05) is 20.4 Å². The summed E-state index contributed by atoms with van der Waals surface area (Å²) in [7, 11) is 1.96. The van der Waals surface area contributed by atoms with Gasteiger partial charge in [0.1, 0.15) is 0 Å². The molecule has 0 saturated heterocycles. The van der Waals surface area contributed by atoms with E-state index >= 15 is 0 Å². The second kappa shape index (κ2) is 2.15. The van der Waals surface area contributed by atoms with Gasteiger partial charge in [0.25, 0.3) is 0 Å². The van der Waals surface area contributed by atoms with Gasteiger partial charge >= 0.3 is 0 Å². The fourth-order valence-corrected chi connectivity index (χ4v) is 1.35. The summed E-state index contributed by atoms with van der Waals surface area (Å²) >= 11 is 0. The lowest BCUT2D eigenvalue weighted by Gasteiger charge is -2.40. The van der Waals surface area contributed by atoms with Crippen LogP contribution in [0.4, 0.5) is 0 Å². The van der Waals surface area contributed by atoms with Crippen molar-refractivity contribution in [3.63, 3.8) is 0 Å². The quantitative estimate of drug-likeness (QED) is 0.614. The van der Waals surface area contributed by atoms with Crippen LogP contribution in [0.25, 0.3) is 0 Å². The summed E-state index contributed by atoms with van der Waals surface area (Å²) in [5, 5.41) is 3.17. The average Bonchev–Trinajstić information content (AvgIpc) is 1.98. The van der Waals surface area contributed by atoms with E-state index in [0.717, 1.165) is 6.42 Å². The first-order valence-electron chi connectivity index (χ1n) is 3.74. The highest BCUT2D eigenvalue weighted by atomic mass is 14.9. The third kappa shape index (κ3) is 0.698. The molecule has 0 aromatic carbocycles. The number of allylic oxidation sites excluding steroid dienone is 2. The van der Waals surface area contributed by atoms with E-state index in [9.17, 15) is 0 Å². The Hall–Kier alpha value is -0.720. The van der Waals surface area contributed by atoms with Crippen LogP contribution in [0.2, 0.25) is 0 Å². The van der Waals surface area contributed by atoms with Crippen LogP contribution in [0.15, 0.2) is 23.9 Å². The van der Waals surface area contributed by atoms with Crippen molar-refractivity contribution < 1.29 is 0 Å². The van der Waals surface area contributed by atoms with Crippen LogP contribution < -0.4 is 5.32 Å². The van der Waals surface area contributed by atoms with E-state index in [2.05, 4.69) is 31.8 Å². The van der Waals surface area contributed by atoms with Crippen molar-refractivity contribution in [1.29, 1.82) is 0 Å². The van der Waals surface area contributed by atoms with Gasteiger partial charge in [-0.25, -0.2) is 0 Å². The van der Waals surface area contributed by atoms with Gasteiger partial charge in [-0.3, -0.25) is 0 Å². The first kappa shape index (κ1) is 7.39. The van der Waals surface area contributed by atoms with Gasteiger partial charge in [-0.2, -0.15) is 0 Å². The van der Waals surface area contributed by atoms with Crippen molar-refractivity contribution in [2.45, 2.75) is 20.3 Å². The molecule has 0 amide bonds. The largest absolute Gasteiger partial charge is 0.391 e. The van der Waals surface area contributed by atoms with Gasteiger partial charge in [-0.05, 0) is 18.1 Å². The minimum atomic E-state index is 0.245. The molecule has 0 saturated carbocycles. The molecule has 1 aliphatic rings. The predicted molar refractivity (Wildman–Crippen MR) is 44.7 cm³/mol. The van der Waals surface area contributed by atoms with Crippen LogP contribution in [-0.4, -0.2) is 7.05 Å². The van der Waals surface area contributed by atoms with Crippen LogP contribution >= 0.6 is 0 Å². The van der Waals surface area contributed by atoms with E-state index in [4.69, 9.17) is 0 Å². The maximum absolute atomic E-state index is 3.97. The fourth-order valence-electron chi connectivity index (χ4n) is 1.35. The van der Waals surface area contributed by atoms with Crippen LogP contribution in [0.3, 0.4) is 0 Å². The van der Waals surface area contributed by atoms with Crippen molar-refractivity contribution in [1.82, 2.24) is 5.32 Å². The molecule has 1 aliphatic carbocycles. The zero-order valence-electron chi connectivity index (χ0n) is 6.99. The van der Waals surface area contributed by atoms with Gasteiger partial charge in [0.2, 0.25) is 0 Å². The van der Waals surface area contributed by atoms with E-state index in [-0.39, 0.29) is 5.41 Å². The van der Waals surface area contributed by atoms with Crippen molar-refractivity contribution >= 4 is 0 Å². The Kier molecular flexibility index (Phi) is 1.59. The van der Waals surface area contributed by atoms with Crippen molar-refractivity contribution in [2.24, 2.45) is 5.41 Å². The third-order valence-electron chi connectivity index (χ3n) is 2.60. The van der Waals surface area contributed by atoms with E-state index < -0.39 is 0 Å². The molecule has 0 heterocycles. The van der Waals surface area contributed by atoms with Crippen molar-refractivity contribution in [2.75, 3.05) is 7.05 Å². The lowest BCUT2D eigenvalue weighted by atomic mass is 9.69. The van der Waals surface area contributed by atoms with Crippen molar-refractivity contribution in [3.8, 4) is 0 Å². The van der Waals surface area contributed by atoms with E-state index in [1.807, 2.05) is 7.05 Å². The second-order valence-electron chi connectivity index (χ2n) is 3.02. The first-order valence-corrected chi connectivity index (χ1v) is 3.74. The highest BCUT2D eigenvalue weighted by Gasteiger charge is 2.35. The average molecular weight is 137 g/mol. The van der Waals surface area contributed by atoms with Crippen LogP contribution in [-0.2, 0) is 0 Å². The lowest BCUT2D eigenvalue weighted by Crippen LogP contribution is -2.34. The number of hydrogen-bond acceptors (Lipinski definition) is 1. The Labute approximate surface area is 62.8 Å². The van der Waals surface area contributed by atoms with E-state index in [1.165, 1.54) is 11.3 Å². The summed E-state index contributed by atoms with van der Waals surface area (Å²) in [4.78, 5) is 0. The molecule has 0 spiro atoms. The van der Waals surface area contributed by atoms with Gasteiger partial charge in [-0.15, -0.1) is 0 Å².